The van der Waals surface area contributed by atoms with Crippen LogP contribution in [0.5, 0.6) is 0 Å². The predicted octanol–water partition coefficient (Wildman–Crippen LogP) is 2.57. The molecule has 0 bridgehead atoms. The van der Waals surface area contributed by atoms with Crippen molar-refractivity contribution in [2.75, 3.05) is 13.2 Å². The molecule has 1 aromatic heterocycles. The van der Waals surface area contributed by atoms with Gasteiger partial charge in [0.05, 0.1) is 6.61 Å². The van der Waals surface area contributed by atoms with Gasteiger partial charge in [0.2, 0.25) is 0 Å². The molecule has 0 spiro atoms. The van der Waals surface area contributed by atoms with Crippen LogP contribution in [0.2, 0.25) is 0 Å². The molecular formula is C16H20N2O. The quantitative estimate of drug-likeness (QED) is 0.864. The van der Waals surface area contributed by atoms with E-state index >= 15 is 0 Å². The molecule has 0 atom stereocenters. The first-order valence-electron chi connectivity index (χ1n) is 6.50. The monoisotopic (exact) mass is 256 g/mol. The third-order valence-electron chi connectivity index (χ3n) is 3.26. The Hall–Kier alpha value is -1.71. The zero-order valence-corrected chi connectivity index (χ0v) is 11.4. The highest BCUT2D eigenvalue weighted by molar-refractivity contribution is 5.63. The lowest BCUT2D eigenvalue weighted by Crippen LogP contribution is -2.38. The lowest BCUT2D eigenvalue weighted by Gasteiger charge is -2.27. The Morgan fingerprint density at radius 1 is 1.16 bits per heavy atom. The van der Waals surface area contributed by atoms with Crippen LogP contribution in [-0.4, -0.2) is 23.2 Å². The van der Waals surface area contributed by atoms with Gasteiger partial charge in [-0.25, -0.2) is 0 Å². The van der Waals surface area contributed by atoms with Gasteiger partial charge >= 0.3 is 0 Å². The number of nitrogens with one attached hydrogen (secondary N) is 1. The second-order valence-corrected chi connectivity index (χ2v) is 5.10. The van der Waals surface area contributed by atoms with E-state index in [0.717, 1.165) is 11.1 Å². The highest BCUT2D eigenvalue weighted by atomic mass is 16.3. The fourth-order valence-electron chi connectivity index (χ4n) is 2.09. The third kappa shape index (κ3) is 3.40. The normalized spacial score (nSPS) is 11.5. The van der Waals surface area contributed by atoms with Crippen molar-refractivity contribution in [1.29, 1.82) is 0 Å². The van der Waals surface area contributed by atoms with Gasteiger partial charge in [-0.05, 0) is 42.7 Å². The Balaban J connectivity index is 2.29. The van der Waals surface area contributed by atoms with Crippen LogP contribution in [0.15, 0.2) is 48.8 Å². The van der Waals surface area contributed by atoms with Crippen LogP contribution >= 0.6 is 0 Å². The smallest absolute Gasteiger partial charge is 0.0556 e. The molecule has 1 aromatic carbocycles. The molecular weight excluding hydrogens is 236 g/mol. The average Bonchev–Trinajstić information content (AvgIpc) is 2.46. The minimum Gasteiger partial charge on any atom is -0.395 e. The summed E-state index contributed by atoms with van der Waals surface area (Å²) in [7, 11) is 0. The summed E-state index contributed by atoms with van der Waals surface area (Å²) in [6, 6.07) is 12.4. The van der Waals surface area contributed by atoms with Gasteiger partial charge in [0.15, 0.2) is 0 Å². The summed E-state index contributed by atoms with van der Waals surface area (Å²) in [5, 5.41) is 12.3. The second-order valence-electron chi connectivity index (χ2n) is 5.10. The molecule has 3 heteroatoms. The first-order valence-corrected chi connectivity index (χ1v) is 6.50. The van der Waals surface area contributed by atoms with Crippen LogP contribution in [0.1, 0.15) is 19.4 Å². The van der Waals surface area contributed by atoms with Crippen molar-refractivity contribution in [3.05, 3.63) is 54.4 Å². The van der Waals surface area contributed by atoms with Crippen LogP contribution in [0.4, 0.5) is 0 Å². The zero-order chi connectivity index (χ0) is 13.7. The van der Waals surface area contributed by atoms with Crippen LogP contribution in [0, 0.1) is 0 Å². The van der Waals surface area contributed by atoms with E-state index in [1.165, 1.54) is 5.56 Å². The number of aromatic nitrogens is 1. The number of rotatable bonds is 5. The van der Waals surface area contributed by atoms with E-state index in [2.05, 4.69) is 54.5 Å². The molecule has 0 aliphatic rings. The molecule has 0 saturated heterocycles. The molecule has 2 N–H and O–H groups in total. The molecule has 1 heterocycles. The second kappa shape index (κ2) is 5.95. The first kappa shape index (κ1) is 13.7. The minimum atomic E-state index is -0.166. The summed E-state index contributed by atoms with van der Waals surface area (Å²) >= 11 is 0. The lowest BCUT2D eigenvalue weighted by molar-refractivity contribution is 0.267. The average molecular weight is 256 g/mol. The predicted molar refractivity (Wildman–Crippen MR) is 77.8 cm³/mol. The van der Waals surface area contributed by atoms with Gasteiger partial charge in [-0.2, -0.15) is 0 Å². The number of aliphatic hydroxyl groups is 1. The highest BCUT2D eigenvalue weighted by Gasteiger charge is 2.19. The summed E-state index contributed by atoms with van der Waals surface area (Å²) in [4.78, 5) is 4.15. The topological polar surface area (TPSA) is 45.1 Å². The Morgan fingerprint density at radius 2 is 1.95 bits per heavy atom. The van der Waals surface area contributed by atoms with Gasteiger partial charge in [-0.15, -0.1) is 0 Å². The van der Waals surface area contributed by atoms with Crippen molar-refractivity contribution >= 4 is 0 Å². The van der Waals surface area contributed by atoms with Gasteiger partial charge in [0, 0.05) is 24.5 Å². The molecule has 2 aromatic rings. The largest absolute Gasteiger partial charge is 0.395 e. The molecule has 2 rings (SSSR count). The van der Waals surface area contributed by atoms with E-state index in [1.54, 1.807) is 6.20 Å². The van der Waals surface area contributed by atoms with Crippen molar-refractivity contribution in [1.82, 2.24) is 10.3 Å². The van der Waals surface area contributed by atoms with Gasteiger partial charge < -0.3 is 10.4 Å². The van der Waals surface area contributed by atoms with Crippen molar-refractivity contribution in [3.8, 4) is 11.1 Å². The van der Waals surface area contributed by atoms with Crippen LogP contribution in [-0.2, 0) is 5.54 Å². The molecule has 0 aliphatic heterocycles. The number of pyridine rings is 1. The molecule has 0 fully saturated rings. The van der Waals surface area contributed by atoms with Crippen molar-refractivity contribution < 1.29 is 5.11 Å². The Labute approximate surface area is 114 Å². The Bertz CT molecular complexity index is 523. The minimum absolute atomic E-state index is 0.145. The highest BCUT2D eigenvalue weighted by Crippen LogP contribution is 2.25. The molecule has 0 amide bonds. The van der Waals surface area contributed by atoms with E-state index in [9.17, 15) is 0 Å². The van der Waals surface area contributed by atoms with Crippen molar-refractivity contribution in [3.63, 3.8) is 0 Å². The molecule has 0 saturated carbocycles. The molecule has 0 radical (unpaired) electrons. The SMILES string of the molecule is CC(C)(NCCO)c1cccc(-c2cccnc2)c1. The van der Waals surface area contributed by atoms with Crippen molar-refractivity contribution in [2.45, 2.75) is 19.4 Å². The standard InChI is InChI=1S/C16H20N2O/c1-16(2,18-9-10-19)15-7-3-5-13(11-15)14-6-4-8-17-12-14/h3-8,11-12,18-19H,9-10H2,1-2H3. The van der Waals surface area contributed by atoms with Gasteiger partial charge in [0.1, 0.15) is 0 Å². The summed E-state index contributed by atoms with van der Waals surface area (Å²) in [5.41, 5.74) is 3.30. The summed E-state index contributed by atoms with van der Waals surface area (Å²) in [5.74, 6) is 0. The number of hydrogen-bond acceptors (Lipinski definition) is 3. The fraction of sp³-hybridized carbons (Fsp3) is 0.312. The fourth-order valence-corrected chi connectivity index (χ4v) is 2.09. The Morgan fingerprint density at radius 3 is 2.63 bits per heavy atom. The number of hydrogen-bond donors (Lipinski definition) is 2. The van der Waals surface area contributed by atoms with Crippen LogP contribution < -0.4 is 5.32 Å². The van der Waals surface area contributed by atoms with E-state index in [1.807, 2.05) is 12.3 Å². The molecule has 0 unspecified atom stereocenters. The first-order chi connectivity index (χ1) is 9.13. The summed E-state index contributed by atoms with van der Waals surface area (Å²) in [6.45, 7) is 4.96. The molecule has 19 heavy (non-hydrogen) atoms. The maximum absolute atomic E-state index is 8.94. The van der Waals surface area contributed by atoms with Gasteiger partial charge in [0.25, 0.3) is 0 Å². The number of nitrogens with zero attached hydrogens (tertiary/aromatic N) is 1. The van der Waals surface area contributed by atoms with E-state index in [4.69, 9.17) is 5.11 Å². The van der Waals surface area contributed by atoms with Gasteiger partial charge in [-0.3, -0.25) is 4.98 Å². The number of benzene rings is 1. The maximum atomic E-state index is 8.94. The molecule has 0 aliphatic carbocycles. The third-order valence-corrected chi connectivity index (χ3v) is 3.26. The summed E-state index contributed by atoms with van der Waals surface area (Å²) < 4.78 is 0. The van der Waals surface area contributed by atoms with E-state index < -0.39 is 0 Å². The molecule has 3 nitrogen and oxygen atoms in total. The van der Waals surface area contributed by atoms with E-state index in [0.29, 0.717) is 6.54 Å². The Kier molecular flexibility index (Phi) is 4.30. The van der Waals surface area contributed by atoms with Crippen molar-refractivity contribution in [2.24, 2.45) is 0 Å². The maximum Gasteiger partial charge on any atom is 0.0556 e. The van der Waals surface area contributed by atoms with Crippen LogP contribution in [0.3, 0.4) is 0 Å². The lowest BCUT2D eigenvalue weighted by atomic mass is 9.91. The molecule has 100 valence electrons. The van der Waals surface area contributed by atoms with Gasteiger partial charge in [-0.1, -0.05) is 24.3 Å². The number of aliphatic hydroxyl groups excluding tert-OH is 1. The van der Waals surface area contributed by atoms with Crippen LogP contribution in [0.25, 0.3) is 11.1 Å². The zero-order valence-electron chi connectivity index (χ0n) is 11.4. The summed E-state index contributed by atoms with van der Waals surface area (Å²) in [6.07, 6.45) is 3.65. The van der Waals surface area contributed by atoms with E-state index in [-0.39, 0.29) is 12.1 Å².